The van der Waals surface area contributed by atoms with Crippen molar-refractivity contribution in [2.24, 2.45) is 7.05 Å². The van der Waals surface area contributed by atoms with Crippen LogP contribution in [-0.2, 0) is 13.6 Å². The van der Waals surface area contributed by atoms with Crippen LogP contribution in [0.2, 0.25) is 0 Å². The molecule has 2 rings (SSSR count). The Balaban J connectivity index is 0.000000200. The predicted molar refractivity (Wildman–Crippen MR) is 68.2 cm³/mol. The Kier molecular flexibility index (Phi) is 6.43. The highest BCUT2D eigenvalue weighted by atomic mass is 16.4. The van der Waals surface area contributed by atoms with Crippen molar-refractivity contribution in [1.82, 2.24) is 4.57 Å². The smallest absolute Gasteiger partial charge is 0.243 e. The number of nitrogens with zero attached hydrogens (tertiary/aromatic N) is 2. The number of hydrogen-bond acceptors (Lipinski definition) is 3. The fourth-order valence-corrected chi connectivity index (χ4v) is 1.57. The highest BCUT2D eigenvalue weighted by Gasteiger charge is 1.97. The molecule has 0 aliphatic rings. The first-order chi connectivity index (χ1) is 9.13. The maximum atomic E-state index is 9.86. The van der Waals surface area contributed by atoms with Crippen LogP contribution in [0.15, 0.2) is 41.5 Å². The molecule has 0 radical (unpaired) electrons. The van der Waals surface area contributed by atoms with Crippen LogP contribution in [0.4, 0.5) is 0 Å². The minimum absolute atomic E-state index is 0.134. The van der Waals surface area contributed by atoms with Gasteiger partial charge in [0.05, 0.1) is 19.9 Å². The van der Waals surface area contributed by atoms with Crippen LogP contribution >= 0.6 is 0 Å². The van der Waals surface area contributed by atoms with Crippen LogP contribution in [0.3, 0.4) is 0 Å². The van der Waals surface area contributed by atoms with E-state index in [4.69, 9.17) is 0 Å². The van der Waals surface area contributed by atoms with Crippen molar-refractivity contribution < 1.29 is 18.9 Å². The number of carboxylic acid groups (broad SMARTS) is 1. The summed E-state index contributed by atoms with van der Waals surface area (Å²) in [6.07, 6.45) is 11.5. The zero-order valence-electron chi connectivity index (χ0n) is 11.4. The lowest BCUT2D eigenvalue weighted by Crippen LogP contribution is -2.23. The van der Waals surface area contributed by atoms with Crippen molar-refractivity contribution in [3.05, 3.63) is 42.9 Å². The van der Waals surface area contributed by atoms with Gasteiger partial charge in [0.2, 0.25) is 6.33 Å². The summed E-state index contributed by atoms with van der Waals surface area (Å²) >= 11 is 0. The van der Waals surface area contributed by atoms with Gasteiger partial charge in [0, 0.05) is 0 Å². The maximum absolute atomic E-state index is 9.86. The van der Waals surface area contributed by atoms with E-state index in [0.29, 0.717) is 0 Å². The average molecular weight is 264 g/mol. The largest absolute Gasteiger partial charge is 0.542 e. The van der Waals surface area contributed by atoms with Crippen LogP contribution < -0.4 is 9.67 Å². The van der Waals surface area contributed by atoms with E-state index >= 15 is 0 Å². The molecule has 5 heteroatoms. The molecule has 5 nitrogen and oxygen atoms in total. The third-order valence-corrected chi connectivity index (χ3v) is 2.57. The zero-order valence-corrected chi connectivity index (χ0v) is 11.4. The summed E-state index contributed by atoms with van der Waals surface area (Å²) in [6, 6.07) is 2.82. The summed E-state index contributed by atoms with van der Waals surface area (Å²) in [5.74, 6) is -1.42. The van der Waals surface area contributed by atoms with Gasteiger partial charge in [-0.1, -0.05) is 13.3 Å². The molecule has 0 spiro atoms. The molecule has 0 N–H and O–H groups in total. The number of furan rings is 1. The molecule has 0 amide bonds. The van der Waals surface area contributed by atoms with E-state index in [-0.39, 0.29) is 5.76 Å². The van der Waals surface area contributed by atoms with Crippen molar-refractivity contribution >= 4 is 5.97 Å². The summed E-state index contributed by atoms with van der Waals surface area (Å²) in [6.45, 7) is 3.39. The van der Waals surface area contributed by atoms with E-state index in [0.717, 1.165) is 6.54 Å². The Bertz CT molecular complexity index is 475. The van der Waals surface area contributed by atoms with E-state index < -0.39 is 5.97 Å². The van der Waals surface area contributed by atoms with E-state index in [1.54, 1.807) is 0 Å². The fraction of sp³-hybridized carbons (Fsp3) is 0.429. The van der Waals surface area contributed by atoms with Gasteiger partial charge < -0.3 is 14.3 Å². The van der Waals surface area contributed by atoms with E-state index in [1.807, 2.05) is 0 Å². The Morgan fingerprint density at radius 2 is 2.26 bits per heavy atom. The molecule has 104 valence electrons. The highest BCUT2D eigenvalue weighted by molar-refractivity contribution is 5.82. The van der Waals surface area contributed by atoms with E-state index in [2.05, 4.69) is 46.2 Å². The molecule has 0 unspecified atom stereocenters. The Morgan fingerprint density at radius 1 is 1.47 bits per heavy atom. The highest BCUT2D eigenvalue weighted by Crippen LogP contribution is 1.97. The fourth-order valence-electron chi connectivity index (χ4n) is 1.57. The summed E-state index contributed by atoms with van der Waals surface area (Å²) in [4.78, 5) is 9.86. The number of carboxylic acids is 1. The predicted octanol–water partition coefficient (Wildman–Crippen LogP) is 1.15. The second-order valence-electron chi connectivity index (χ2n) is 4.29. The lowest BCUT2D eigenvalue weighted by atomic mass is 10.2. The van der Waals surface area contributed by atoms with Crippen molar-refractivity contribution in [3.8, 4) is 0 Å². The summed E-state index contributed by atoms with van der Waals surface area (Å²) < 4.78 is 8.74. The minimum atomic E-state index is -1.28. The second kappa shape index (κ2) is 8.13. The molecule has 0 aliphatic carbocycles. The van der Waals surface area contributed by atoms with E-state index in [9.17, 15) is 9.90 Å². The summed E-state index contributed by atoms with van der Waals surface area (Å²) in [7, 11) is 2.05. The topological polar surface area (TPSA) is 62.1 Å². The lowest BCUT2D eigenvalue weighted by Gasteiger charge is -1.93. The Hall–Kier alpha value is -2.04. The molecule has 0 aliphatic heterocycles. The van der Waals surface area contributed by atoms with Gasteiger partial charge in [-0.2, -0.15) is 0 Å². The minimum Gasteiger partial charge on any atom is -0.542 e. The molecule has 2 aromatic rings. The molecule has 19 heavy (non-hydrogen) atoms. The first-order valence-electron chi connectivity index (χ1n) is 6.39. The molecule has 0 fully saturated rings. The number of imidazole rings is 1. The van der Waals surface area contributed by atoms with Gasteiger partial charge >= 0.3 is 0 Å². The third-order valence-electron chi connectivity index (χ3n) is 2.57. The molecule has 2 aromatic heterocycles. The number of unbranched alkanes of at least 4 members (excludes halogenated alkanes) is 2. The quantitative estimate of drug-likeness (QED) is 0.601. The number of carbonyl (C=O) groups is 1. The molecule has 2 heterocycles. The van der Waals surface area contributed by atoms with Gasteiger partial charge in [-0.3, -0.25) is 0 Å². The summed E-state index contributed by atoms with van der Waals surface area (Å²) in [5, 5.41) is 9.86. The zero-order chi connectivity index (χ0) is 14.1. The Morgan fingerprint density at radius 3 is 2.68 bits per heavy atom. The van der Waals surface area contributed by atoms with Crippen LogP contribution in [-0.4, -0.2) is 10.5 Å². The van der Waals surface area contributed by atoms with Gasteiger partial charge in [-0.15, -0.1) is 0 Å². The molecular formula is C14H20N2O3. The van der Waals surface area contributed by atoms with Crippen molar-refractivity contribution in [3.63, 3.8) is 0 Å². The number of hydrogen-bond donors (Lipinski definition) is 0. The monoisotopic (exact) mass is 264 g/mol. The third kappa shape index (κ3) is 5.90. The van der Waals surface area contributed by atoms with Crippen molar-refractivity contribution in [2.75, 3.05) is 0 Å². The van der Waals surface area contributed by atoms with Crippen LogP contribution in [0.5, 0.6) is 0 Å². The molecule has 0 bridgehead atoms. The number of carbonyl (C=O) groups excluding carboxylic acids is 1. The molecule has 0 aromatic carbocycles. The molecule has 0 saturated carbocycles. The van der Waals surface area contributed by atoms with Crippen LogP contribution in [0, 0.1) is 0 Å². The van der Waals surface area contributed by atoms with Gasteiger partial charge in [-0.25, -0.2) is 9.13 Å². The van der Waals surface area contributed by atoms with Gasteiger partial charge in [0.25, 0.3) is 0 Å². The normalized spacial score (nSPS) is 9.79. The number of rotatable bonds is 5. The standard InChI is InChI=1S/C9H17N2.C5H4O3/c1-3-4-5-6-11-8-7-10(2)9-11;6-5(7)4-2-1-3-8-4/h7-9H,3-6H2,1-2H3;1-3H,(H,6,7)/q+1;/p-1. The van der Waals surface area contributed by atoms with Gasteiger partial charge in [-0.05, 0) is 25.0 Å². The van der Waals surface area contributed by atoms with Gasteiger partial charge in [0.1, 0.15) is 24.1 Å². The first-order valence-corrected chi connectivity index (χ1v) is 6.39. The van der Waals surface area contributed by atoms with Gasteiger partial charge in [0.15, 0.2) is 0 Å². The number of aromatic carboxylic acids is 1. The lowest BCUT2D eigenvalue weighted by molar-refractivity contribution is -0.671. The first kappa shape index (κ1) is 15.0. The van der Waals surface area contributed by atoms with Crippen molar-refractivity contribution in [1.29, 1.82) is 0 Å². The SMILES string of the molecule is CCCCCn1cc[n+](C)c1.O=C([O-])c1ccco1. The van der Waals surface area contributed by atoms with Crippen LogP contribution in [0.1, 0.15) is 36.7 Å². The number of aromatic nitrogens is 2. The van der Waals surface area contributed by atoms with Crippen LogP contribution in [0.25, 0.3) is 0 Å². The van der Waals surface area contributed by atoms with E-state index in [1.165, 1.54) is 37.7 Å². The second-order valence-corrected chi connectivity index (χ2v) is 4.29. The molecule has 0 saturated heterocycles. The van der Waals surface area contributed by atoms with Crippen molar-refractivity contribution in [2.45, 2.75) is 32.7 Å². The average Bonchev–Trinajstić information content (AvgIpc) is 3.01. The molecule has 0 atom stereocenters. The number of aryl methyl sites for hydroxylation is 2. The summed E-state index contributed by atoms with van der Waals surface area (Å²) in [5.41, 5.74) is 0. The Labute approximate surface area is 113 Å². The maximum Gasteiger partial charge on any atom is 0.243 e. The molecular weight excluding hydrogens is 244 g/mol.